The predicted octanol–water partition coefficient (Wildman–Crippen LogP) is 0.445. The van der Waals surface area contributed by atoms with E-state index >= 15 is 0 Å². The van der Waals surface area contributed by atoms with Crippen LogP contribution in [0.3, 0.4) is 0 Å². The van der Waals surface area contributed by atoms with Gasteiger partial charge in [-0.05, 0) is 12.1 Å². The lowest BCUT2D eigenvalue weighted by atomic mass is 10.4. The molecule has 0 bridgehead atoms. The molecule has 0 radical (unpaired) electrons. The lowest BCUT2D eigenvalue weighted by Gasteiger charge is -2.07. The molecule has 3 rings (SSSR count). The standard InChI is InChI=1S/C12H15N9/c1-13-10-16-11(14-8-9-4-7-20(2)19-9)18-12(17-10)21-6-3-5-15-21/h3-7H,8H2,1-2H3,(H2,13,14,16,17,18). The number of nitrogens with one attached hydrogen (secondary N) is 2. The van der Waals surface area contributed by atoms with Gasteiger partial charge in [-0.25, -0.2) is 4.68 Å². The van der Waals surface area contributed by atoms with Crippen molar-refractivity contribution < 1.29 is 0 Å². The Hall–Kier alpha value is -2.97. The average Bonchev–Trinajstić information content (AvgIpc) is 3.16. The molecule has 0 aliphatic heterocycles. The molecule has 0 saturated carbocycles. The third-order valence-corrected chi connectivity index (χ3v) is 2.75. The minimum atomic E-state index is 0.447. The van der Waals surface area contributed by atoms with E-state index in [1.807, 2.05) is 25.4 Å². The van der Waals surface area contributed by atoms with Crippen molar-refractivity contribution in [1.29, 1.82) is 0 Å². The van der Waals surface area contributed by atoms with Gasteiger partial charge >= 0.3 is 0 Å². The largest absolute Gasteiger partial charge is 0.357 e. The Balaban J connectivity index is 1.82. The maximum Gasteiger partial charge on any atom is 0.257 e. The minimum absolute atomic E-state index is 0.447. The second-order valence-corrected chi connectivity index (χ2v) is 4.32. The second kappa shape index (κ2) is 5.57. The zero-order valence-corrected chi connectivity index (χ0v) is 11.7. The number of nitrogens with zero attached hydrogens (tertiary/aromatic N) is 7. The lowest BCUT2D eigenvalue weighted by Crippen LogP contribution is -2.11. The third kappa shape index (κ3) is 2.96. The summed E-state index contributed by atoms with van der Waals surface area (Å²) in [6.45, 7) is 0.534. The lowest BCUT2D eigenvalue weighted by molar-refractivity contribution is 0.745. The van der Waals surface area contributed by atoms with Crippen molar-refractivity contribution in [3.8, 4) is 5.95 Å². The SMILES string of the molecule is CNc1nc(NCc2ccn(C)n2)nc(-n2cccn2)n1. The highest BCUT2D eigenvalue weighted by Crippen LogP contribution is 2.09. The van der Waals surface area contributed by atoms with Crippen LogP contribution in [0, 0.1) is 0 Å². The Morgan fingerprint density at radius 3 is 2.67 bits per heavy atom. The van der Waals surface area contributed by atoms with Gasteiger partial charge in [-0.3, -0.25) is 4.68 Å². The van der Waals surface area contributed by atoms with E-state index in [0.717, 1.165) is 5.69 Å². The van der Waals surface area contributed by atoms with E-state index in [2.05, 4.69) is 35.8 Å². The fourth-order valence-corrected chi connectivity index (χ4v) is 1.77. The van der Waals surface area contributed by atoms with Crippen molar-refractivity contribution in [3.63, 3.8) is 0 Å². The van der Waals surface area contributed by atoms with E-state index in [0.29, 0.717) is 24.4 Å². The van der Waals surface area contributed by atoms with Crippen molar-refractivity contribution in [1.82, 2.24) is 34.5 Å². The molecule has 0 aliphatic carbocycles. The molecule has 108 valence electrons. The fraction of sp³-hybridized carbons (Fsp3) is 0.250. The zero-order chi connectivity index (χ0) is 14.7. The van der Waals surface area contributed by atoms with Crippen molar-refractivity contribution in [3.05, 3.63) is 36.4 Å². The maximum absolute atomic E-state index is 4.34. The molecule has 0 amide bonds. The number of hydrogen-bond donors (Lipinski definition) is 2. The van der Waals surface area contributed by atoms with Gasteiger partial charge in [-0.1, -0.05) is 0 Å². The Labute approximate surface area is 121 Å². The Bertz CT molecular complexity index is 716. The quantitative estimate of drug-likeness (QED) is 0.702. The van der Waals surface area contributed by atoms with Gasteiger partial charge in [-0.15, -0.1) is 0 Å². The Kier molecular flexibility index (Phi) is 3.46. The fourth-order valence-electron chi connectivity index (χ4n) is 1.77. The predicted molar refractivity (Wildman–Crippen MR) is 77.0 cm³/mol. The van der Waals surface area contributed by atoms with Crippen molar-refractivity contribution in [2.45, 2.75) is 6.54 Å². The normalized spacial score (nSPS) is 10.6. The number of hydrogen-bond acceptors (Lipinski definition) is 7. The van der Waals surface area contributed by atoms with Crippen LogP contribution in [0.4, 0.5) is 11.9 Å². The molecule has 0 spiro atoms. The first kappa shape index (κ1) is 13.0. The van der Waals surface area contributed by atoms with E-state index in [1.165, 1.54) is 0 Å². The topological polar surface area (TPSA) is 98.4 Å². The summed E-state index contributed by atoms with van der Waals surface area (Å²) >= 11 is 0. The van der Waals surface area contributed by atoms with Crippen molar-refractivity contribution in [2.24, 2.45) is 7.05 Å². The molecule has 21 heavy (non-hydrogen) atoms. The smallest absolute Gasteiger partial charge is 0.257 e. The van der Waals surface area contributed by atoms with Crippen LogP contribution in [-0.2, 0) is 13.6 Å². The molecular formula is C12H15N9. The molecule has 0 unspecified atom stereocenters. The number of aryl methyl sites for hydroxylation is 1. The van der Waals surface area contributed by atoms with Crippen LogP contribution in [0.25, 0.3) is 5.95 Å². The molecule has 0 fully saturated rings. The van der Waals surface area contributed by atoms with Crippen molar-refractivity contribution in [2.75, 3.05) is 17.7 Å². The highest BCUT2D eigenvalue weighted by Gasteiger charge is 2.08. The summed E-state index contributed by atoms with van der Waals surface area (Å²) in [4.78, 5) is 12.9. The molecule has 9 nitrogen and oxygen atoms in total. The van der Waals surface area contributed by atoms with E-state index < -0.39 is 0 Å². The van der Waals surface area contributed by atoms with Gasteiger partial charge in [0.05, 0.1) is 12.2 Å². The van der Waals surface area contributed by atoms with Crippen LogP contribution >= 0.6 is 0 Å². The molecule has 3 heterocycles. The van der Waals surface area contributed by atoms with E-state index in [-0.39, 0.29) is 0 Å². The first-order valence-electron chi connectivity index (χ1n) is 6.41. The summed E-state index contributed by atoms with van der Waals surface area (Å²) < 4.78 is 3.33. The highest BCUT2D eigenvalue weighted by molar-refractivity contribution is 5.37. The average molecular weight is 285 g/mol. The van der Waals surface area contributed by atoms with Crippen LogP contribution in [0.5, 0.6) is 0 Å². The maximum atomic E-state index is 4.34. The first-order chi connectivity index (χ1) is 10.2. The molecular weight excluding hydrogens is 270 g/mol. The van der Waals surface area contributed by atoms with Crippen LogP contribution in [0.1, 0.15) is 5.69 Å². The van der Waals surface area contributed by atoms with Crippen LogP contribution in [-0.4, -0.2) is 41.6 Å². The van der Waals surface area contributed by atoms with Gasteiger partial charge in [0.25, 0.3) is 5.95 Å². The van der Waals surface area contributed by atoms with Gasteiger partial charge in [0.15, 0.2) is 0 Å². The highest BCUT2D eigenvalue weighted by atomic mass is 15.4. The minimum Gasteiger partial charge on any atom is -0.357 e. The van der Waals surface area contributed by atoms with E-state index in [4.69, 9.17) is 0 Å². The van der Waals surface area contributed by atoms with Gasteiger partial charge in [0.2, 0.25) is 11.9 Å². The van der Waals surface area contributed by atoms with Gasteiger partial charge in [0.1, 0.15) is 0 Å². The summed E-state index contributed by atoms with van der Waals surface area (Å²) in [5, 5.41) is 14.4. The molecule has 0 aliphatic rings. The Morgan fingerprint density at radius 1 is 1.14 bits per heavy atom. The van der Waals surface area contributed by atoms with Crippen molar-refractivity contribution >= 4 is 11.9 Å². The first-order valence-corrected chi connectivity index (χ1v) is 6.41. The molecule has 0 saturated heterocycles. The third-order valence-electron chi connectivity index (χ3n) is 2.75. The number of anilines is 2. The summed E-state index contributed by atoms with van der Waals surface area (Å²) in [5.41, 5.74) is 0.907. The molecule has 2 N–H and O–H groups in total. The van der Waals surface area contributed by atoms with Gasteiger partial charge in [-0.2, -0.15) is 25.1 Å². The Morgan fingerprint density at radius 2 is 2.00 bits per heavy atom. The van der Waals surface area contributed by atoms with Gasteiger partial charge in [0, 0.05) is 32.7 Å². The van der Waals surface area contributed by atoms with Gasteiger partial charge < -0.3 is 10.6 Å². The van der Waals surface area contributed by atoms with E-state index in [9.17, 15) is 0 Å². The monoisotopic (exact) mass is 285 g/mol. The second-order valence-electron chi connectivity index (χ2n) is 4.32. The summed E-state index contributed by atoms with van der Waals surface area (Å²) in [5.74, 6) is 1.38. The van der Waals surface area contributed by atoms with Crippen LogP contribution in [0.2, 0.25) is 0 Å². The summed E-state index contributed by atoms with van der Waals surface area (Å²) in [6, 6.07) is 3.74. The molecule has 3 aromatic rings. The summed E-state index contributed by atoms with van der Waals surface area (Å²) in [7, 11) is 3.63. The number of aromatic nitrogens is 7. The molecule has 0 atom stereocenters. The van der Waals surface area contributed by atoms with Crippen LogP contribution in [0.15, 0.2) is 30.7 Å². The molecule has 0 aromatic carbocycles. The summed E-state index contributed by atoms with van der Waals surface area (Å²) in [6.07, 6.45) is 5.33. The molecule has 9 heteroatoms. The molecule has 3 aromatic heterocycles. The van der Waals surface area contributed by atoms with Crippen LogP contribution < -0.4 is 10.6 Å². The zero-order valence-electron chi connectivity index (χ0n) is 11.7. The number of rotatable bonds is 5. The van der Waals surface area contributed by atoms with E-state index in [1.54, 1.807) is 28.8 Å².